The first-order valence-electron chi connectivity index (χ1n) is 5.01. The molecule has 0 radical (unpaired) electrons. The van der Waals surface area contributed by atoms with E-state index >= 15 is 0 Å². The average Bonchev–Trinajstić information content (AvgIpc) is 2.50. The number of hydrogen-bond acceptors (Lipinski definition) is 4. The Morgan fingerprint density at radius 1 is 1.40 bits per heavy atom. The fraction of sp³-hybridized carbons (Fsp3) is 0.500. The van der Waals surface area contributed by atoms with Gasteiger partial charge in [0.25, 0.3) is 0 Å². The van der Waals surface area contributed by atoms with Gasteiger partial charge in [0.2, 0.25) is 0 Å². The van der Waals surface area contributed by atoms with E-state index in [0.717, 1.165) is 38.1 Å². The van der Waals surface area contributed by atoms with Crippen LogP contribution in [-0.2, 0) is 4.74 Å². The summed E-state index contributed by atoms with van der Waals surface area (Å²) in [6.07, 6.45) is 2.12. The zero-order valence-electron chi connectivity index (χ0n) is 8.45. The van der Waals surface area contributed by atoms with E-state index < -0.39 is 5.82 Å². The van der Waals surface area contributed by atoms with Crippen molar-refractivity contribution < 1.29 is 9.13 Å². The highest BCUT2D eigenvalue weighted by molar-refractivity contribution is 5.51. The van der Waals surface area contributed by atoms with E-state index in [2.05, 4.69) is 9.88 Å². The Bertz CT molecular complexity index is 337. The zero-order chi connectivity index (χ0) is 10.7. The van der Waals surface area contributed by atoms with Crippen molar-refractivity contribution in [3.05, 3.63) is 18.1 Å². The first-order valence-corrected chi connectivity index (χ1v) is 5.01. The van der Waals surface area contributed by atoms with E-state index in [1.54, 1.807) is 6.07 Å². The van der Waals surface area contributed by atoms with E-state index in [-0.39, 0.29) is 5.69 Å². The predicted octanol–water partition coefficient (Wildman–Crippen LogP) is 1.03. The van der Waals surface area contributed by atoms with Gasteiger partial charge in [-0.25, -0.2) is 9.37 Å². The van der Waals surface area contributed by atoms with Gasteiger partial charge >= 0.3 is 0 Å². The van der Waals surface area contributed by atoms with E-state index in [0.29, 0.717) is 6.61 Å². The summed E-state index contributed by atoms with van der Waals surface area (Å²) in [4.78, 5) is 6.08. The molecule has 15 heavy (non-hydrogen) atoms. The SMILES string of the molecule is Nc1cc(N2CCCOCC2)ncc1F. The second kappa shape index (κ2) is 4.44. The third-order valence-corrected chi connectivity index (χ3v) is 2.42. The molecule has 2 heterocycles. The summed E-state index contributed by atoms with van der Waals surface area (Å²) in [7, 11) is 0. The fourth-order valence-electron chi connectivity index (χ4n) is 1.59. The van der Waals surface area contributed by atoms with Crippen LogP contribution in [0, 0.1) is 5.82 Å². The van der Waals surface area contributed by atoms with Gasteiger partial charge in [0.15, 0.2) is 5.82 Å². The maximum atomic E-state index is 12.9. The minimum absolute atomic E-state index is 0.144. The molecule has 0 bridgehead atoms. The van der Waals surface area contributed by atoms with Crippen molar-refractivity contribution in [1.29, 1.82) is 0 Å². The van der Waals surface area contributed by atoms with Crippen molar-refractivity contribution >= 4 is 11.5 Å². The first kappa shape index (κ1) is 10.2. The number of pyridine rings is 1. The topological polar surface area (TPSA) is 51.4 Å². The molecule has 4 nitrogen and oxygen atoms in total. The summed E-state index contributed by atoms with van der Waals surface area (Å²) >= 11 is 0. The monoisotopic (exact) mass is 211 g/mol. The van der Waals surface area contributed by atoms with E-state index in [4.69, 9.17) is 10.5 Å². The van der Waals surface area contributed by atoms with Gasteiger partial charge in [0, 0.05) is 25.8 Å². The molecule has 0 saturated carbocycles. The van der Waals surface area contributed by atoms with Crippen LogP contribution in [0.5, 0.6) is 0 Å². The summed E-state index contributed by atoms with van der Waals surface area (Å²) < 4.78 is 18.2. The molecular formula is C10H14FN3O. The summed E-state index contributed by atoms with van der Waals surface area (Å²) in [6.45, 7) is 3.10. The Hall–Kier alpha value is -1.36. The molecule has 0 amide bonds. The van der Waals surface area contributed by atoms with Crippen LogP contribution >= 0.6 is 0 Å². The number of anilines is 2. The molecule has 0 aromatic carbocycles. The highest BCUT2D eigenvalue weighted by atomic mass is 19.1. The molecule has 2 rings (SSSR count). The van der Waals surface area contributed by atoms with Crippen molar-refractivity contribution in [2.24, 2.45) is 0 Å². The van der Waals surface area contributed by atoms with Crippen LogP contribution in [0.15, 0.2) is 12.3 Å². The second-order valence-corrected chi connectivity index (χ2v) is 3.52. The predicted molar refractivity (Wildman–Crippen MR) is 56.3 cm³/mol. The van der Waals surface area contributed by atoms with E-state index in [9.17, 15) is 4.39 Å². The molecule has 82 valence electrons. The Kier molecular flexibility index (Phi) is 3.01. The molecule has 0 spiro atoms. The minimum Gasteiger partial charge on any atom is -0.396 e. The smallest absolute Gasteiger partial charge is 0.164 e. The van der Waals surface area contributed by atoms with Gasteiger partial charge in [0.05, 0.1) is 18.5 Å². The molecule has 2 N–H and O–H groups in total. The molecule has 0 atom stereocenters. The lowest BCUT2D eigenvalue weighted by atomic mass is 10.3. The molecule has 1 aromatic heterocycles. The Morgan fingerprint density at radius 2 is 2.27 bits per heavy atom. The number of hydrogen-bond donors (Lipinski definition) is 1. The average molecular weight is 211 g/mol. The molecule has 0 unspecified atom stereocenters. The highest BCUT2D eigenvalue weighted by Crippen LogP contribution is 2.18. The van der Waals surface area contributed by atoms with Crippen molar-refractivity contribution in [3.8, 4) is 0 Å². The lowest BCUT2D eigenvalue weighted by molar-refractivity contribution is 0.152. The second-order valence-electron chi connectivity index (χ2n) is 3.52. The van der Waals surface area contributed by atoms with Crippen LogP contribution in [0.2, 0.25) is 0 Å². The molecule has 0 aliphatic carbocycles. The van der Waals surface area contributed by atoms with Gasteiger partial charge in [-0.3, -0.25) is 0 Å². The van der Waals surface area contributed by atoms with Gasteiger partial charge in [-0.05, 0) is 6.42 Å². The van der Waals surface area contributed by atoms with Gasteiger partial charge in [-0.2, -0.15) is 0 Å². The zero-order valence-corrected chi connectivity index (χ0v) is 8.45. The van der Waals surface area contributed by atoms with Crippen LogP contribution in [0.3, 0.4) is 0 Å². The summed E-state index contributed by atoms with van der Waals surface area (Å²) in [5.41, 5.74) is 5.64. The molecule has 1 aromatic rings. The molecule has 5 heteroatoms. The lowest BCUT2D eigenvalue weighted by Crippen LogP contribution is -2.26. The summed E-state index contributed by atoms with van der Waals surface area (Å²) in [5, 5.41) is 0. The quantitative estimate of drug-likeness (QED) is 0.753. The fourth-order valence-corrected chi connectivity index (χ4v) is 1.59. The standard InChI is InChI=1S/C10H14FN3O/c11-8-7-13-10(6-9(8)12)14-2-1-4-15-5-3-14/h6-7H,1-5H2,(H2,12,13). The van der Waals surface area contributed by atoms with Crippen molar-refractivity contribution in [2.45, 2.75) is 6.42 Å². The number of rotatable bonds is 1. The number of nitrogen functional groups attached to an aromatic ring is 1. The number of halogens is 1. The third-order valence-electron chi connectivity index (χ3n) is 2.42. The van der Waals surface area contributed by atoms with Crippen molar-refractivity contribution in [2.75, 3.05) is 36.9 Å². The van der Waals surface area contributed by atoms with Gasteiger partial charge in [-0.1, -0.05) is 0 Å². The summed E-state index contributed by atoms with van der Waals surface area (Å²) in [5.74, 6) is 0.254. The van der Waals surface area contributed by atoms with Gasteiger partial charge < -0.3 is 15.4 Å². The number of ether oxygens (including phenoxy) is 1. The Morgan fingerprint density at radius 3 is 3.07 bits per heavy atom. The van der Waals surface area contributed by atoms with Crippen LogP contribution in [0.25, 0.3) is 0 Å². The summed E-state index contributed by atoms with van der Waals surface area (Å²) in [6, 6.07) is 1.57. The number of nitrogens with zero attached hydrogens (tertiary/aromatic N) is 2. The maximum absolute atomic E-state index is 12.9. The largest absolute Gasteiger partial charge is 0.396 e. The minimum atomic E-state index is -0.468. The van der Waals surface area contributed by atoms with Crippen molar-refractivity contribution in [1.82, 2.24) is 4.98 Å². The maximum Gasteiger partial charge on any atom is 0.164 e. The molecule has 1 aliphatic rings. The molecule has 1 aliphatic heterocycles. The molecule has 1 saturated heterocycles. The Labute approximate surface area is 87.8 Å². The van der Waals surface area contributed by atoms with Crippen LogP contribution < -0.4 is 10.6 Å². The number of nitrogens with two attached hydrogens (primary N) is 1. The highest BCUT2D eigenvalue weighted by Gasteiger charge is 2.12. The van der Waals surface area contributed by atoms with Crippen molar-refractivity contribution in [3.63, 3.8) is 0 Å². The number of aromatic nitrogens is 1. The van der Waals surface area contributed by atoms with E-state index in [1.807, 2.05) is 0 Å². The lowest BCUT2D eigenvalue weighted by Gasteiger charge is -2.20. The first-order chi connectivity index (χ1) is 7.27. The van der Waals surface area contributed by atoms with E-state index in [1.165, 1.54) is 0 Å². The third kappa shape index (κ3) is 2.36. The Balaban J connectivity index is 2.16. The van der Waals surface area contributed by atoms with Crippen LogP contribution in [0.1, 0.15) is 6.42 Å². The van der Waals surface area contributed by atoms with Gasteiger partial charge in [0.1, 0.15) is 5.82 Å². The molecule has 1 fully saturated rings. The molecular weight excluding hydrogens is 197 g/mol. The van der Waals surface area contributed by atoms with Crippen LogP contribution in [-0.4, -0.2) is 31.3 Å². The normalized spacial score (nSPS) is 17.5. The van der Waals surface area contributed by atoms with Crippen LogP contribution in [0.4, 0.5) is 15.9 Å². The van der Waals surface area contributed by atoms with Gasteiger partial charge in [-0.15, -0.1) is 0 Å².